The predicted molar refractivity (Wildman–Crippen MR) is 109 cm³/mol. The Morgan fingerprint density at radius 3 is 2.57 bits per heavy atom. The van der Waals surface area contributed by atoms with Crippen LogP contribution in [-0.2, 0) is 10.2 Å². The van der Waals surface area contributed by atoms with E-state index in [2.05, 4.69) is 36.3 Å². The van der Waals surface area contributed by atoms with Crippen LogP contribution in [0.4, 0.5) is 5.69 Å². The summed E-state index contributed by atoms with van der Waals surface area (Å²) < 4.78 is 0. The molecule has 1 saturated carbocycles. The van der Waals surface area contributed by atoms with Crippen LogP contribution in [0.5, 0.6) is 0 Å². The number of carbonyl (C=O) groups is 2. The molecule has 28 heavy (non-hydrogen) atoms. The van der Waals surface area contributed by atoms with Gasteiger partial charge in [0, 0.05) is 22.6 Å². The number of hydrogen-bond acceptors (Lipinski definition) is 6. The lowest BCUT2D eigenvalue weighted by atomic mass is 9.70. The molecule has 1 aromatic heterocycles. The minimum atomic E-state index is -0.141. The Bertz CT molecular complexity index is 957. The monoisotopic (exact) mass is 396 g/mol. The topological polar surface area (TPSA) is 84.8 Å². The highest BCUT2D eigenvalue weighted by molar-refractivity contribution is 7.99. The number of anilines is 1. The van der Waals surface area contributed by atoms with E-state index in [1.807, 2.05) is 0 Å². The van der Waals surface area contributed by atoms with E-state index < -0.39 is 0 Å². The van der Waals surface area contributed by atoms with Crippen LogP contribution in [-0.4, -0.2) is 32.6 Å². The first-order chi connectivity index (χ1) is 13.2. The molecular weight excluding hydrogens is 372 g/mol. The van der Waals surface area contributed by atoms with Crippen molar-refractivity contribution in [1.82, 2.24) is 15.2 Å². The second-order valence-corrected chi connectivity index (χ2v) is 9.39. The fraction of sp³-hybridized carbons (Fsp3) is 0.476. The zero-order valence-electron chi connectivity index (χ0n) is 16.6. The lowest BCUT2D eigenvalue weighted by Gasteiger charge is -2.33. The number of carbonyl (C=O) groups excluding carboxylic acids is 2. The zero-order valence-corrected chi connectivity index (χ0v) is 17.4. The van der Waals surface area contributed by atoms with Gasteiger partial charge in [0.05, 0.1) is 17.1 Å². The molecule has 7 heteroatoms. The third-order valence-corrected chi connectivity index (χ3v) is 7.52. The first-order valence-corrected chi connectivity index (χ1v) is 10.5. The molecule has 1 heterocycles. The third-order valence-electron chi connectivity index (χ3n) is 6.68. The van der Waals surface area contributed by atoms with Gasteiger partial charge in [-0.05, 0) is 49.4 Å². The van der Waals surface area contributed by atoms with E-state index in [9.17, 15) is 9.59 Å². The van der Waals surface area contributed by atoms with Crippen LogP contribution in [0.25, 0.3) is 0 Å². The molecule has 0 saturated heterocycles. The van der Waals surface area contributed by atoms with E-state index in [4.69, 9.17) is 4.98 Å². The fourth-order valence-corrected chi connectivity index (χ4v) is 5.13. The summed E-state index contributed by atoms with van der Waals surface area (Å²) in [5.41, 5.74) is 3.55. The van der Waals surface area contributed by atoms with Crippen molar-refractivity contribution in [2.24, 2.45) is 5.41 Å². The van der Waals surface area contributed by atoms with E-state index >= 15 is 0 Å². The molecule has 2 aromatic rings. The maximum absolute atomic E-state index is 12.3. The van der Waals surface area contributed by atoms with Crippen LogP contribution in [0.15, 0.2) is 29.4 Å². The van der Waals surface area contributed by atoms with Gasteiger partial charge < -0.3 is 5.32 Å². The average molecular weight is 397 g/mol. The molecule has 2 atom stereocenters. The number of hydrogen-bond donors (Lipinski definition) is 1. The van der Waals surface area contributed by atoms with E-state index in [-0.39, 0.29) is 28.3 Å². The van der Waals surface area contributed by atoms with E-state index in [1.165, 1.54) is 18.7 Å². The highest BCUT2D eigenvalue weighted by Gasteiger charge is 2.61. The molecule has 4 rings (SSSR count). The quantitative estimate of drug-likeness (QED) is 0.608. The summed E-state index contributed by atoms with van der Waals surface area (Å²) in [5.74, 6) is 0.490. The van der Waals surface area contributed by atoms with Crippen molar-refractivity contribution in [3.05, 3.63) is 41.2 Å². The third kappa shape index (κ3) is 2.92. The Morgan fingerprint density at radius 1 is 1.18 bits per heavy atom. The fourth-order valence-electron chi connectivity index (χ4n) is 4.54. The van der Waals surface area contributed by atoms with Crippen LogP contribution < -0.4 is 5.32 Å². The highest BCUT2D eigenvalue weighted by atomic mass is 32.2. The number of Topliss-reactive ketones (excluding diaryl/α,β-unsaturated/α-hetero) is 1. The van der Waals surface area contributed by atoms with Gasteiger partial charge in [-0.2, -0.15) is 5.10 Å². The largest absolute Gasteiger partial charge is 0.325 e. The summed E-state index contributed by atoms with van der Waals surface area (Å²) in [5, 5.41) is 12.1. The first-order valence-electron chi connectivity index (χ1n) is 9.51. The van der Waals surface area contributed by atoms with Gasteiger partial charge >= 0.3 is 0 Å². The van der Waals surface area contributed by atoms with Gasteiger partial charge in [0.2, 0.25) is 11.1 Å². The van der Waals surface area contributed by atoms with E-state index in [1.54, 1.807) is 24.3 Å². The van der Waals surface area contributed by atoms with Gasteiger partial charge in [-0.15, -0.1) is 5.10 Å². The summed E-state index contributed by atoms with van der Waals surface area (Å²) in [6.07, 6.45) is 2.27. The Hall–Kier alpha value is -2.28. The van der Waals surface area contributed by atoms with Crippen LogP contribution in [0.3, 0.4) is 0 Å². The number of thioether (sulfide) groups is 1. The molecule has 2 bridgehead atoms. The van der Waals surface area contributed by atoms with Crippen molar-refractivity contribution in [1.29, 1.82) is 0 Å². The lowest BCUT2D eigenvalue weighted by Crippen LogP contribution is -2.32. The van der Waals surface area contributed by atoms with Gasteiger partial charge in [-0.25, -0.2) is 4.98 Å². The van der Waals surface area contributed by atoms with Crippen molar-refractivity contribution in [3.8, 4) is 0 Å². The molecule has 0 aliphatic heterocycles. The minimum Gasteiger partial charge on any atom is -0.325 e. The summed E-state index contributed by atoms with van der Waals surface area (Å²) in [7, 11) is 0. The summed E-state index contributed by atoms with van der Waals surface area (Å²) in [6.45, 7) is 8.39. The molecule has 146 valence electrons. The van der Waals surface area contributed by atoms with E-state index in [0.29, 0.717) is 22.3 Å². The number of fused-ring (bicyclic) bond motifs is 5. The van der Waals surface area contributed by atoms with Crippen molar-refractivity contribution in [2.75, 3.05) is 11.1 Å². The smallest absolute Gasteiger partial charge is 0.234 e. The van der Waals surface area contributed by atoms with Gasteiger partial charge in [-0.1, -0.05) is 32.5 Å². The van der Waals surface area contributed by atoms with Crippen molar-refractivity contribution in [2.45, 2.75) is 57.0 Å². The standard InChI is InChI=1S/C21H24N4O2S/c1-12(26)13-5-7-14(8-6-13)22-16(27)11-28-19-23-18-17(24-25-19)15-9-10-21(18,4)20(15,2)3/h5-8,15H,9-11H2,1-4H3,(H,22,27)/t15-,21-/m1/s1. The van der Waals surface area contributed by atoms with Crippen molar-refractivity contribution >= 4 is 29.1 Å². The Labute approximate surface area is 168 Å². The predicted octanol–water partition coefficient (Wildman–Crippen LogP) is 3.98. The number of nitrogens with one attached hydrogen (secondary N) is 1. The SMILES string of the molecule is CC(=O)c1ccc(NC(=O)CSc2nnc3c(n2)[C@@]2(C)CC[C@H]3C2(C)C)cc1. The molecule has 1 amide bonds. The number of benzene rings is 1. The van der Waals surface area contributed by atoms with Crippen LogP contribution in [0.1, 0.15) is 68.2 Å². The highest BCUT2D eigenvalue weighted by Crippen LogP contribution is 2.66. The maximum atomic E-state index is 12.3. The number of amides is 1. The molecule has 0 spiro atoms. The Kier molecular flexibility index (Phi) is 4.53. The van der Waals surface area contributed by atoms with Crippen LogP contribution in [0.2, 0.25) is 0 Å². The summed E-state index contributed by atoms with van der Waals surface area (Å²) >= 11 is 1.30. The second-order valence-electron chi connectivity index (χ2n) is 8.44. The van der Waals surface area contributed by atoms with Crippen molar-refractivity contribution < 1.29 is 9.59 Å². The summed E-state index contributed by atoms with van der Waals surface area (Å²) in [6, 6.07) is 6.87. The zero-order chi connectivity index (χ0) is 20.1. The van der Waals surface area contributed by atoms with Crippen LogP contribution in [0, 0.1) is 5.41 Å². The Balaban J connectivity index is 1.41. The average Bonchev–Trinajstić information content (AvgIpc) is 2.99. The van der Waals surface area contributed by atoms with E-state index in [0.717, 1.165) is 24.2 Å². The molecule has 1 N–H and O–H groups in total. The van der Waals surface area contributed by atoms with Crippen LogP contribution >= 0.6 is 11.8 Å². The maximum Gasteiger partial charge on any atom is 0.234 e. The molecule has 2 aliphatic carbocycles. The molecule has 2 aliphatic rings. The molecular formula is C21H24N4O2S. The number of ketones is 1. The molecule has 0 unspecified atom stereocenters. The molecule has 1 aromatic carbocycles. The molecule has 0 radical (unpaired) electrons. The van der Waals surface area contributed by atoms with Gasteiger partial charge in [0.25, 0.3) is 0 Å². The second kappa shape index (κ2) is 6.65. The van der Waals surface area contributed by atoms with Crippen molar-refractivity contribution in [3.63, 3.8) is 0 Å². The molecule has 1 fully saturated rings. The molecule has 6 nitrogen and oxygen atoms in total. The number of aromatic nitrogens is 3. The normalized spacial score (nSPS) is 24.1. The lowest BCUT2D eigenvalue weighted by molar-refractivity contribution is -0.113. The van der Waals surface area contributed by atoms with Gasteiger partial charge in [-0.3, -0.25) is 9.59 Å². The summed E-state index contributed by atoms with van der Waals surface area (Å²) in [4.78, 5) is 28.4. The van der Waals surface area contributed by atoms with Gasteiger partial charge in [0.1, 0.15) is 0 Å². The minimum absolute atomic E-state index is 0.000246. The Morgan fingerprint density at radius 2 is 1.89 bits per heavy atom. The first kappa shape index (κ1) is 19.1. The van der Waals surface area contributed by atoms with Gasteiger partial charge in [0.15, 0.2) is 5.78 Å². The number of nitrogens with zero attached hydrogens (tertiary/aromatic N) is 3. The number of rotatable bonds is 5.